The van der Waals surface area contributed by atoms with Gasteiger partial charge < -0.3 is 10.6 Å². The predicted octanol–water partition coefficient (Wildman–Crippen LogP) is 5.44. The summed E-state index contributed by atoms with van der Waals surface area (Å²) in [5, 5.41) is 7.33. The molecular formula is C18H21BrN2S. The summed E-state index contributed by atoms with van der Waals surface area (Å²) >= 11 is 8.91. The molecule has 0 bridgehead atoms. The molecule has 0 heterocycles. The van der Waals surface area contributed by atoms with E-state index in [1.165, 1.54) is 11.1 Å². The summed E-state index contributed by atoms with van der Waals surface area (Å²) in [5.41, 5.74) is 3.55. The molecule has 0 saturated heterocycles. The molecule has 0 aliphatic rings. The Kier molecular flexibility index (Phi) is 5.98. The Balaban J connectivity index is 2.10. The van der Waals surface area contributed by atoms with E-state index in [0.29, 0.717) is 11.0 Å². The number of rotatable bonds is 4. The van der Waals surface area contributed by atoms with Crippen molar-refractivity contribution >= 4 is 38.9 Å². The van der Waals surface area contributed by atoms with E-state index in [-0.39, 0.29) is 6.04 Å². The van der Waals surface area contributed by atoms with Gasteiger partial charge in [-0.15, -0.1) is 0 Å². The third-order valence-corrected chi connectivity index (χ3v) is 4.33. The van der Waals surface area contributed by atoms with Gasteiger partial charge in [-0.3, -0.25) is 0 Å². The third kappa shape index (κ3) is 4.55. The van der Waals surface area contributed by atoms with Gasteiger partial charge in [-0.2, -0.15) is 0 Å². The van der Waals surface area contributed by atoms with Gasteiger partial charge in [-0.05, 0) is 60.5 Å². The molecule has 22 heavy (non-hydrogen) atoms. The van der Waals surface area contributed by atoms with Crippen LogP contribution in [0, 0.1) is 12.8 Å². The fourth-order valence-electron chi connectivity index (χ4n) is 2.38. The summed E-state index contributed by atoms with van der Waals surface area (Å²) in [7, 11) is 0. The summed E-state index contributed by atoms with van der Waals surface area (Å²) < 4.78 is 1.05. The summed E-state index contributed by atoms with van der Waals surface area (Å²) in [6, 6.07) is 16.6. The van der Waals surface area contributed by atoms with Gasteiger partial charge in [-0.1, -0.05) is 54.0 Å². The van der Waals surface area contributed by atoms with Crippen molar-refractivity contribution in [2.45, 2.75) is 26.8 Å². The van der Waals surface area contributed by atoms with Crippen LogP contribution >= 0.6 is 28.1 Å². The van der Waals surface area contributed by atoms with E-state index >= 15 is 0 Å². The molecule has 0 aliphatic heterocycles. The minimum absolute atomic E-state index is 0.191. The maximum Gasteiger partial charge on any atom is 0.171 e. The summed E-state index contributed by atoms with van der Waals surface area (Å²) in [4.78, 5) is 0. The van der Waals surface area contributed by atoms with Crippen molar-refractivity contribution in [1.82, 2.24) is 5.32 Å². The van der Waals surface area contributed by atoms with Gasteiger partial charge in [0, 0.05) is 10.2 Å². The highest BCUT2D eigenvalue weighted by molar-refractivity contribution is 9.10. The zero-order valence-corrected chi connectivity index (χ0v) is 15.5. The van der Waals surface area contributed by atoms with Gasteiger partial charge >= 0.3 is 0 Å². The highest BCUT2D eigenvalue weighted by atomic mass is 79.9. The second kappa shape index (κ2) is 7.75. The van der Waals surface area contributed by atoms with Crippen molar-refractivity contribution in [1.29, 1.82) is 0 Å². The number of hydrogen-bond acceptors (Lipinski definition) is 1. The monoisotopic (exact) mass is 376 g/mol. The molecule has 0 aromatic heterocycles. The van der Waals surface area contributed by atoms with Crippen molar-refractivity contribution in [2.24, 2.45) is 5.92 Å². The second-order valence-electron chi connectivity index (χ2n) is 5.68. The third-order valence-electron chi connectivity index (χ3n) is 3.58. The van der Waals surface area contributed by atoms with Crippen LogP contribution in [0.3, 0.4) is 0 Å². The first-order valence-electron chi connectivity index (χ1n) is 7.36. The molecule has 2 nitrogen and oxygen atoms in total. The molecule has 0 saturated carbocycles. The zero-order valence-electron chi connectivity index (χ0n) is 13.1. The normalized spacial score (nSPS) is 12.0. The zero-order chi connectivity index (χ0) is 16.1. The number of anilines is 1. The largest absolute Gasteiger partial charge is 0.355 e. The molecule has 2 N–H and O–H groups in total. The highest BCUT2D eigenvalue weighted by Gasteiger charge is 2.18. The van der Waals surface area contributed by atoms with E-state index in [1.807, 2.05) is 24.3 Å². The van der Waals surface area contributed by atoms with Gasteiger partial charge in [0.2, 0.25) is 0 Å². The first-order chi connectivity index (χ1) is 10.5. The van der Waals surface area contributed by atoms with E-state index in [1.54, 1.807) is 0 Å². The lowest BCUT2D eigenvalue weighted by Gasteiger charge is -2.26. The van der Waals surface area contributed by atoms with Crippen LogP contribution in [0.4, 0.5) is 5.69 Å². The standard InChI is InChI=1S/C18H21BrN2S/c1-12(2)17(16-7-5-4-6-13(16)3)21-18(22)20-15-10-8-14(19)9-11-15/h4-12,17H,1-3H3,(H2,20,21,22)/t17-/m1/s1. The molecule has 1 atom stereocenters. The van der Waals surface area contributed by atoms with E-state index in [4.69, 9.17) is 12.2 Å². The predicted molar refractivity (Wildman–Crippen MR) is 102 cm³/mol. The molecule has 0 fully saturated rings. The van der Waals surface area contributed by atoms with Crippen molar-refractivity contribution in [3.8, 4) is 0 Å². The Bertz CT molecular complexity index is 638. The van der Waals surface area contributed by atoms with E-state index in [9.17, 15) is 0 Å². The molecule has 0 spiro atoms. The quantitative estimate of drug-likeness (QED) is 0.694. The second-order valence-corrected chi connectivity index (χ2v) is 7.01. The minimum Gasteiger partial charge on any atom is -0.355 e. The Morgan fingerprint density at radius 2 is 1.68 bits per heavy atom. The Morgan fingerprint density at radius 3 is 2.27 bits per heavy atom. The molecule has 2 aromatic rings. The van der Waals surface area contributed by atoms with Crippen LogP contribution < -0.4 is 10.6 Å². The number of benzene rings is 2. The average Bonchev–Trinajstić information content (AvgIpc) is 2.48. The van der Waals surface area contributed by atoms with E-state index in [2.05, 4.69) is 71.6 Å². The Morgan fingerprint density at radius 1 is 1.05 bits per heavy atom. The lowest BCUT2D eigenvalue weighted by atomic mass is 9.93. The molecule has 2 rings (SSSR count). The lowest BCUT2D eigenvalue weighted by molar-refractivity contribution is 0.471. The fourth-order valence-corrected chi connectivity index (χ4v) is 2.89. The topological polar surface area (TPSA) is 24.1 Å². The van der Waals surface area contributed by atoms with Crippen molar-refractivity contribution in [2.75, 3.05) is 5.32 Å². The molecule has 0 aliphatic carbocycles. The van der Waals surface area contributed by atoms with Gasteiger partial charge in [0.05, 0.1) is 6.04 Å². The van der Waals surface area contributed by atoms with Crippen LogP contribution in [0.25, 0.3) is 0 Å². The van der Waals surface area contributed by atoms with Crippen LogP contribution in [0.2, 0.25) is 0 Å². The van der Waals surface area contributed by atoms with Crippen molar-refractivity contribution in [3.05, 3.63) is 64.1 Å². The molecule has 4 heteroatoms. The van der Waals surface area contributed by atoms with Crippen LogP contribution in [-0.4, -0.2) is 5.11 Å². The maximum absolute atomic E-state index is 5.47. The van der Waals surface area contributed by atoms with E-state index < -0.39 is 0 Å². The first kappa shape index (κ1) is 17.0. The van der Waals surface area contributed by atoms with Gasteiger partial charge in [0.25, 0.3) is 0 Å². The first-order valence-corrected chi connectivity index (χ1v) is 8.56. The van der Waals surface area contributed by atoms with Crippen molar-refractivity contribution < 1.29 is 0 Å². The molecule has 0 unspecified atom stereocenters. The van der Waals surface area contributed by atoms with Crippen LogP contribution in [0.5, 0.6) is 0 Å². The molecular weight excluding hydrogens is 356 g/mol. The number of halogens is 1. The maximum atomic E-state index is 5.47. The Hall–Kier alpha value is -1.39. The van der Waals surface area contributed by atoms with Gasteiger partial charge in [-0.25, -0.2) is 0 Å². The smallest absolute Gasteiger partial charge is 0.171 e. The lowest BCUT2D eigenvalue weighted by Crippen LogP contribution is -2.35. The van der Waals surface area contributed by atoms with E-state index in [0.717, 1.165) is 10.2 Å². The average molecular weight is 377 g/mol. The summed E-state index contributed by atoms with van der Waals surface area (Å²) in [5.74, 6) is 0.436. The van der Waals surface area contributed by atoms with Crippen LogP contribution in [0.15, 0.2) is 53.0 Å². The molecule has 0 amide bonds. The number of hydrogen-bond donors (Lipinski definition) is 2. The SMILES string of the molecule is Cc1ccccc1[C@H](NC(=S)Nc1ccc(Br)cc1)C(C)C. The van der Waals surface area contributed by atoms with Crippen molar-refractivity contribution in [3.63, 3.8) is 0 Å². The molecule has 116 valence electrons. The van der Waals surface area contributed by atoms with Gasteiger partial charge in [0.1, 0.15) is 0 Å². The number of nitrogens with one attached hydrogen (secondary N) is 2. The van der Waals surface area contributed by atoms with Crippen LogP contribution in [-0.2, 0) is 0 Å². The number of thiocarbonyl (C=S) groups is 1. The molecule has 0 radical (unpaired) electrons. The van der Waals surface area contributed by atoms with Crippen LogP contribution in [0.1, 0.15) is 31.0 Å². The molecule has 2 aromatic carbocycles. The fraction of sp³-hybridized carbons (Fsp3) is 0.278. The minimum atomic E-state index is 0.191. The number of aryl methyl sites for hydroxylation is 1. The Labute approximate surface area is 146 Å². The summed E-state index contributed by atoms with van der Waals surface area (Å²) in [6.07, 6.45) is 0. The highest BCUT2D eigenvalue weighted by Crippen LogP contribution is 2.24. The van der Waals surface area contributed by atoms with Gasteiger partial charge in [0.15, 0.2) is 5.11 Å². The summed E-state index contributed by atoms with van der Waals surface area (Å²) in [6.45, 7) is 6.54.